The first-order valence-electron chi connectivity index (χ1n) is 6.63. The molecule has 1 saturated carbocycles. The Labute approximate surface area is 121 Å². The van der Waals surface area contributed by atoms with Gasteiger partial charge in [0.1, 0.15) is 5.82 Å². The van der Waals surface area contributed by atoms with Gasteiger partial charge >= 0.3 is 0 Å². The largest absolute Gasteiger partial charge is 0.396 e. The number of hydrogen-bond acceptors (Lipinski definition) is 3. The summed E-state index contributed by atoms with van der Waals surface area (Å²) in [6.07, 6.45) is 1.56. The van der Waals surface area contributed by atoms with Crippen molar-refractivity contribution < 1.29 is 14.3 Å². The predicted molar refractivity (Wildman–Crippen MR) is 72.7 cm³/mol. The standard InChI is InChI=1S/C14H16ClFN2O2/c15-9-3-1-2-8(12(9)16)6-17-13(20)10-4-14(7-19)5-11(14)18-10/h1-3,10-11,18-19H,4-7H2,(H,17,20). The number of halogens is 2. The number of fused-ring (bicyclic) bond motifs is 1. The molecule has 0 aromatic heterocycles. The molecule has 2 aliphatic rings. The van der Waals surface area contributed by atoms with Crippen molar-refractivity contribution in [3.63, 3.8) is 0 Å². The molecule has 1 aliphatic carbocycles. The molecular weight excluding hydrogens is 283 g/mol. The number of rotatable bonds is 4. The first-order valence-corrected chi connectivity index (χ1v) is 7.01. The molecule has 108 valence electrons. The van der Waals surface area contributed by atoms with Crippen LogP contribution >= 0.6 is 11.6 Å². The second-order valence-corrected chi connectivity index (χ2v) is 6.04. The minimum Gasteiger partial charge on any atom is -0.396 e. The summed E-state index contributed by atoms with van der Waals surface area (Å²) in [7, 11) is 0. The van der Waals surface area contributed by atoms with Crippen molar-refractivity contribution in [1.82, 2.24) is 10.6 Å². The highest BCUT2D eigenvalue weighted by molar-refractivity contribution is 6.30. The Bertz CT molecular complexity index is 550. The maximum Gasteiger partial charge on any atom is 0.237 e. The highest BCUT2D eigenvalue weighted by atomic mass is 35.5. The van der Waals surface area contributed by atoms with Crippen LogP contribution in [-0.2, 0) is 11.3 Å². The number of aliphatic hydroxyl groups excluding tert-OH is 1. The maximum atomic E-state index is 13.7. The number of carbonyl (C=O) groups excluding carboxylic acids is 1. The summed E-state index contributed by atoms with van der Waals surface area (Å²) >= 11 is 5.69. The summed E-state index contributed by atoms with van der Waals surface area (Å²) in [6.45, 7) is 0.220. The number of aliphatic hydroxyl groups is 1. The Morgan fingerprint density at radius 3 is 3.05 bits per heavy atom. The van der Waals surface area contributed by atoms with E-state index in [4.69, 9.17) is 11.6 Å². The Hall–Kier alpha value is -1.17. The van der Waals surface area contributed by atoms with Crippen LogP contribution in [0.4, 0.5) is 4.39 Å². The van der Waals surface area contributed by atoms with Gasteiger partial charge in [0.15, 0.2) is 0 Å². The van der Waals surface area contributed by atoms with E-state index >= 15 is 0 Å². The van der Waals surface area contributed by atoms with Crippen molar-refractivity contribution in [2.45, 2.75) is 31.5 Å². The molecule has 2 fully saturated rings. The topological polar surface area (TPSA) is 61.4 Å². The van der Waals surface area contributed by atoms with Gasteiger partial charge in [0.05, 0.1) is 17.7 Å². The van der Waals surface area contributed by atoms with E-state index in [1.54, 1.807) is 12.1 Å². The molecule has 0 bridgehead atoms. The van der Waals surface area contributed by atoms with Gasteiger partial charge < -0.3 is 15.7 Å². The third-order valence-electron chi connectivity index (χ3n) is 4.32. The molecule has 1 saturated heterocycles. The fraction of sp³-hybridized carbons (Fsp3) is 0.500. The first kappa shape index (κ1) is 13.8. The molecule has 6 heteroatoms. The summed E-state index contributed by atoms with van der Waals surface area (Å²) < 4.78 is 13.7. The second-order valence-electron chi connectivity index (χ2n) is 5.63. The monoisotopic (exact) mass is 298 g/mol. The van der Waals surface area contributed by atoms with Crippen LogP contribution in [0.15, 0.2) is 18.2 Å². The zero-order valence-electron chi connectivity index (χ0n) is 10.8. The van der Waals surface area contributed by atoms with Crippen LogP contribution < -0.4 is 10.6 Å². The van der Waals surface area contributed by atoms with Crippen LogP contribution in [0.25, 0.3) is 0 Å². The van der Waals surface area contributed by atoms with Gasteiger partial charge in [-0.25, -0.2) is 4.39 Å². The molecule has 0 spiro atoms. The highest BCUT2D eigenvalue weighted by Gasteiger charge is 2.61. The highest BCUT2D eigenvalue weighted by Crippen LogP contribution is 2.53. The van der Waals surface area contributed by atoms with Gasteiger partial charge in [0, 0.05) is 23.6 Å². The Morgan fingerprint density at radius 2 is 2.35 bits per heavy atom. The molecule has 1 heterocycles. The van der Waals surface area contributed by atoms with E-state index in [0.29, 0.717) is 12.0 Å². The summed E-state index contributed by atoms with van der Waals surface area (Å²) in [6, 6.07) is 4.65. The molecule has 20 heavy (non-hydrogen) atoms. The normalized spacial score (nSPS) is 30.9. The van der Waals surface area contributed by atoms with E-state index in [0.717, 1.165) is 6.42 Å². The lowest BCUT2D eigenvalue weighted by molar-refractivity contribution is -0.123. The average Bonchev–Trinajstić information content (AvgIpc) is 3.02. The van der Waals surface area contributed by atoms with Crippen LogP contribution in [0.1, 0.15) is 18.4 Å². The number of nitrogens with one attached hydrogen (secondary N) is 2. The Kier molecular flexibility index (Phi) is 3.44. The SMILES string of the molecule is O=C(NCc1cccc(Cl)c1F)C1CC2(CO)CC2N1. The van der Waals surface area contributed by atoms with Crippen molar-refractivity contribution in [2.24, 2.45) is 5.41 Å². The molecular formula is C14H16ClFN2O2. The van der Waals surface area contributed by atoms with Crippen molar-refractivity contribution in [1.29, 1.82) is 0 Å². The van der Waals surface area contributed by atoms with Gasteiger partial charge in [-0.1, -0.05) is 23.7 Å². The summed E-state index contributed by atoms with van der Waals surface area (Å²) in [4.78, 5) is 12.0. The van der Waals surface area contributed by atoms with Gasteiger partial charge in [-0.05, 0) is 18.9 Å². The molecule has 3 atom stereocenters. The zero-order chi connectivity index (χ0) is 14.3. The van der Waals surface area contributed by atoms with Gasteiger partial charge in [-0.3, -0.25) is 4.79 Å². The number of amides is 1. The Morgan fingerprint density at radius 1 is 1.55 bits per heavy atom. The molecule has 4 nitrogen and oxygen atoms in total. The minimum atomic E-state index is -0.497. The number of hydrogen-bond donors (Lipinski definition) is 3. The summed E-state index contributed by atoms with van der Waals surface area (Å²) in [5.41, 5.74) is 0.259. The van der Waals surface area contributed by atoms with Crippen molar-refractivity contribution >= 4 is 17.5 Å². The van der Waals surface area contributed by atoms with E-state index in [9.17, 15) is 14.3 Å². The number of piperidine rings is 1. The molecule has 0 radical (unpaired) electrons. The van der Waals surface area contributed by atoms with Crippen LogP contribution in [0, 0.1) is 11.2 Å². The Balaban J connectivity index is 1.57. The third-order valence-corrected chi connectivity index (χ3v) is 4.61. The van der Waals surface area contributed by atoms with E-state index < -0.39 is 5.82 Å². The summed E-state index contributed by atoms with van der Waals surface area (Å²) in [5, 5.41) is 15.3. The average molecular weight is 299 g/mol. The quantitative estimate of drug-likeness (QED) is 0.783. The van der Waals surface area contributed by atoms with Gasteiger partial charge in [0.25, 0.3) is 0 Å². The molecule has 3 rings (SSSR count). The lowest BCUT2D eigenvalue weighted by atomic mass is 10.0. The van der Waals surface area contributed by atoms with Gasteiger partial charge in [0.2, 0.25) is 5.91 Å². The van der Waals surface area contributed by atoms with Crippen LogP contribution in [0.2, 0.25) is 5.02 Å². The fourth-order valence-corrected chi connectivity index (χ4v) is 3.11. The lowest BCUT2D eigenvalue weighted by Crippen LogP contribution is -2.42. The number of benzene rings is 1. The zero-order valence-corrected chi connectivity index (χ0v) is 11.6. The van der Waals surface area contributed by atoms with Gasteiger partial charge in [-0.15, -0.1) is 0 Å². The molecule has 1 aromatic rings. The van der Waals surface area contributed by atoms with E-state index in [1.807, 2.05) is 0 Å². The maximum absolute atomic E-state index is 13.7. The second kappa shape index (κ2) is 4.98. The van der Waals surface area contributed by atoms with Gasteiger partial charge in [-0.2, -0.15) is 0 Å². The van der Waals surface area contributed by atoms with Crippen LogP contribution in [-0.4, -0.2) is 29.7 Å². The minimum absolute atomic E-state index is 0.0521. The number of carbonyl (C=O) groups is 1. The van der Waals surface area contributed by atoms with Crippen LogP contribution in [0.3, 0.4) is 0 Å². The van der Waals surface area contributed by atoms with Crippen molar-refractivity contribution in [3.8, 4) is 0 Å². The van der Waals surface area contributed by atoms with Crippen molar-refractivity contribution in [3.05, 3.63) is 34.6 Å². The molecule has 3 N–H and O–H groups in total. The molecule has 1 aliphatic heterocycles. The van der Waals surface area contributed by atoms with E-state index in [2.05, 4.69) is 10.6 Å². The molecule has 3 unspecified atom stereocenters. The smallest absolute Gasteiger partial charge is 0.237 e. The molecule has 1 amide bonds. The van der Waals surface area contributed by atoms with Crippen LogP contribution in [0.5, 0.6) is 0 Å². The van der Waals surface area contributed by atoms with Crippen molar-refractivity contribution in [2.75, 3.05) is 6.61 Å². The lowest BCUT2D eigenvalue weighted by Gasteiger charge is -2.15. The van der Waals surface area contributed by atoms with E-state index in [-0.39, 0.29) is 41.6 Å². The summed E-state index contributed by atoms with van der Waals surface area (Å²) in [5.74, 6) is -0.659. The molecule has 1 aromatic carbocycles. The predicted octanol–water partition coefficient (Wildman–Crippen LogP) is 1.21. The first-order chi connectivity index (χ1) is 9.55. The fourth-order valence-electron chi connectivity index (χ4n) is 2.92. The third kappa shape index (κ3) is 2.30. The van der Waals surface area contributed by atoms with E-state index in [1.165, 1.54) is 6.07 Å².